The maximum atomic E-state index is 13.5. The van der Waals surface area contributed by atoms with E-state index >= 15 is 0 Å². The number of piperazine rings is 1. The Hall–Kier alpha value is -1.64. The number of amides is 2. The number of carbonyl (C=O) groups excluding carboxylic acids is 2. The Morgan fingerprint density at radius 1 is 1.20 bits per heavy atom. The number of rotatable bonds is 6. The van der Waals surface area contributed by atoms with Crippen molar-refractivity contribution < 1.29 is 18.0 Å². The Bertz CT molecular complexity index is 884. The fraction of sp³-hybridized carbons (Fsp3) is 0.619. The Morgan fingerprint density at radius 3 is 2.43 bits per heavy atom. The lowest BCUT2D eigenvalue weighted by Gasteiger charge is -2.47. The molecule has 2 fully saturated rings. The molecule has 30 heavy (non-hydrogen) atoms. The number of nitrogens with zero attached hydrogens (tertiary/aromatic N) is 2. The van der Waals surface area contributed by atoms with Crippen molar-refractivity contribution in [2.24, 2.45) is 0 Å². The summed E-state index contributed by atoms with van der Waals surface area (Å²) in [6.07, 6.45) is 5.50. The van der Waals surface area contributed by atoms with Crippen LogP contribution in [0, 0.1) is 0 Å². The van der Waals surface area contributed by atoms with Crippen LogP contribution >= 0.6 is 11.6 Å². The lowest BCUT2D eigenvalue weighted by Crippen LogP contribution is -2.71. The van der Waals surface area contributed by atoms with Gasteiger partial charge in [-0.2, -0.15) is 4.31 Å². The molecule has 1 N–H and O–H groups in total. The van der Waals surface area contributed by atoms with Gasteiger partial charge in [-0.15, -0.1) is 0 Å². The van der Waals surface area contributed by atoms with Crippen LogP contribution in [-0.2, 0) is 19.6 Å². The summed E-state index contributed by atoms with van der Waals surface area (Å²) in [5, 5.41) is 3.60. The molecule has 2 aliphatic rings. The quantitative estimate of drug-likeness (QED) is 0.714. The Morgan fingerprint density at radius 2 is 1.83 bits per heavy atom. The van der Waals surface area contributed by atoms with Crippen LogP contribution in [0.1, 0.15) is 52.4 Å². The average Bonchev–Trinajstić information content (AvgIpc) is 2.69. The van der Waals surface area contributed by atoms with Gasteiger partial charge < -0.3 is 5.32 Å². The van der Waals surface area contributed by atoms with Gasteiger partial charge in [-0.1, -0.05) is 37.8 Å². The van der Waals surface area contributed by atoms with Gasteiger partial charge in [-0.3, -0.25) is 14.5 Å². The van der Waals surface area contributed by atoms with Gasteiger partial charge in [-0.25, -0.2) is 8.42 Å². The van der Waals surface area contributed by atoms with Crippen LogP contribution < -0.4 is 10.2 Å². The molecule has 0 aromatic heterocycles. The molecule has 1 saturated carbocycles. The molecule has 3 rings (SSSR count). The normalized spacial score (nSPS) is 24.1. The summed E-state index contributed by atoms with van der Waals surface area (Å²) < 4.78 is 26.6. The van der Waals surface area contributed by atoms with Gasteiger partial charge in [0.2, 0.25) is 21.8 Å². The second kappa shape index (κ2) is 9.24. The molecule has 7 nitrogen and oxygen atoms in total. The summed E-state index contributed by atoms with van der Waals surface area (Å²) in [5.74, 6) is -0.805. The second-order valence-corrected chi connectivity index (χ2v) is 10.9. The lowest BCUT2D eigenvalue weighted by atomic mass is 9.91. The number of hydrogen-bond donors (Lipinski definition) is 1. The molecule has 0 unspecified atom stereocenters. The van der Waals surface area contributed by atoms with Gasteiger partial charge in [0.25, 0.3) is 0 Å². The van der Waals surface area contributed by atoms with Gasteiger partial charge in [0.05, 0.1) is 12.3 Å². The van der Waals surface area contributed by atoms with Crippen molar-refractivity contribution in [2.45, 2.75) is 64.0 Å². The largest absolute Gasteiger partial charge is 0.351 e. The zero-order chi connectivity index (χ0) is 21.9. The van der Waals surface area contributed by atoms with Crippen molar-refractivity contribution in [2.75, 3.05) is 23.7 Å². The summed E-state index contributed by atoms with van der Waals surface area (Å²) >= 11 is 6.00. The summed E-state index contributed by atoms with van der Waals surface area (Å²) in [4.78, 5) is 28.1. The second-order valence-electron chi connectivity index (χ2n) is 8.37. The number of hydrogen-bond acceptors (Lipinski definition) is 4. The zero-order valence-corrected chi connectivity index (χ0v) is 19.1. The van der Waals surface area contributed by atoms with E-state index in [0.717, 1.165) is 36.4 Å². The van der Waals surface area contributed by atoms with E-state index < -0.39 is 21.5 Å². The van der Waals surface area contributed by atoms with E-state index in [1.807, 2.05) is 0 Å². The highest BCUT2D eigenvalue weighted by atomic mass is 35.5. The molecule has 0 spiro atoms. The summed E-state index contributed by atoms with van der Waals surface area (Å²) in [7, 11) is -3.63. The molecular weight excluding hydrogens is 426 g/mol. The highest BCUT2D eigenvalue weighted by Crippen LogP contribution is 2.32. The molecule has 0 radical (unpaired) electrons. The van der Waals surface area contributed by atoms with E-state index in [4.69, 9.17) is 11.6 Å². The molecule has 9 heteroatoms. The minimum absolute atomic E-state index is 0.0490. The third kappa shape index (κ3) is 4.81. The van der Waals surface area contributed by atoms with Crippen molar-refractivity contribution >= 4 is 39.1 Å². The molecule has 1 aliphatic heterocycles. The van der Waals surface area contributed by atoms with Crippen LogP contribution in [0.4, 0.5) is 5.69 Å². The molecule has 1 aromatic rings. The molecule has 1 heterocycles. The predicted octanol–water partition coefficient (Wildman–Crippen LogP) is 2.94. The van der Waals surface area contributed by atoms with Gasteiger partial charge in [0.1, 0.15) is 5.54 Å². The number of nitrogens with one attached hydrogen (secondary N) is 1. The average molecular weight is 456 g/mol. The standard InChI is InChI=1S/C21H30ClN3O4S/c1-3-13-30(28,29)24-14-19(26)25(18-11-9-16(22)10-12-18)21(2,15-24)20(27)23-17-7-5-4-6-8-17/h9-12,17H,3-8,13-15H2,1-2H3,(H,23,27)/t21-/m1/s1. The SMILES string of the molecule is CCCS(=O)(=O)N1CC(=O)N(c2ccc(Cl)cc2)[C@@](C)(C(=O)NC2CCCCC2)C1. The van der Waals surface area contributed by atoms with Crippen LogP contribution in [0.5, 0.6) is 0 Å². The van der Waals surface area contributed by atoms with Crippen molar-refractivity contribution in [1.82, 2.24) is 9.62 Å². The number of anilines is 1. The topological polar surface area (TPSA) is 86.8 Å². The first kappa shape index (κ1) is 23.0. The summed E-state index contributed by atoms with van der Waals surface area (Å²) in [5.41, 5.74) is -0.834. The number of sulfonamides is 1. The van der Waals surface area contributed by atoms with E-state index in [1.165, 1.54) is 4.90 Å². The predicted molar refractivity (Wildman–Crippen MR) is 118 cm³/mol. The first-order chi connectivity index (χ1) is 14.2. The fourth-order valence-corrected chi connectivity index (χ4v) is 5.99. The molecule has 1 aromatic carbocycles. The minimum Gasteiger partial charge on any atom is -0.351 e. The molecule has 166 valence electrons. The molecule has 0 bridgehead atoms. The van der Waals surface area contributed by atoms with Gasteiger partial charge >= 0.3 is 0 Å². The molecular formula is C21H30ClN3O4S. The van der Waals surface area contributed by atoms with E-state index in [2.05, 4.69) is 5.32 Å². The molecule has 2 amide bonds. The summed E-state index contributed by atoms with van der Waals surface area (Å²) in [6, 6.07) is 6.73. The van der Waals surface area contributed by atoms with E-state index in [1.54, 1.807) is 38.1 Å². The number of halogens is 1. The van der Waals surface area contributed by atoms with Crippen molar-refractivity contribution in [1.29, 1.82) is 0 Å². The van der Waals surface area contributed by atoms with E-state index in [9.17, 15) is 18.0 Å². The van der Waals surface area contributed by atoms with Crippen LogP contribution in [-0.4, -0.2) is 55.0 Å². The Balaban J connectivity index is 1.96. The fourth-order valence-electron chi connectivity index (χ4n) is 4.33. The van der Waals surface area contributed by atoms with Gasteiger partial charge in [-0.05, 0) is 50.5 Å². The van der Waals surface area contributed by atoms with E-state index in [0.29, 0.717) is 17.1 Å². The molecule has 1 atom stereocenters. The molecule has 1 saturated heterocycles. The van der Waals surface area contributed by atoms with Gasteiger partial charge in [0, 0.05) is 23.3 Å². The third-order valence-corrected chi connectivity index (χ3v) is 8.13. The maximum Gasteiger partial charge on any atom is 0.247 e. The molecule has 1 aliphatic carbocycles. The number of carbonyl (C=O) groups is 2. The van der Waals surface area contributed by atoms with Crippen LogP contribution in [0.3, 0.4) is 0 Å². The smallest absolute Gasteiger partial charge is 0.247 e. The van der Waals surface area contributed by atoms with Crippen molar-refractivity contribution in [3.8, 4) is 0 Å². The monoisotopic (exact) mass is 455 g/mol. The Kier molecular flexibility index (Phi) is 7.09. The van der Waals surface area contributed by atoms with E-state index in [-0.39, 0.29) is 30.8 Å². The zero-order valence-electron chi connectivity index (χ0n) is 17.6. The minimum atomic E-state index is -3.63. The number of benzene rings is 1. The van der Waals surface area contributed by atoms with Crippen molar-refractivity contribution in [3.05, 3.63) is 29.3 Å². The summed E-state index contributed by atoms with van der Waals surface area (Å²) in [6.45, 7) is 3.06. The first-order valence-electron chi connectivity index (χ1n) is 10.5. The Labute approximate surface area is 183 Å². The first-order valence-corrected chi connectivity index (χ1v) is 12.5. The third-order valence-electron chi connectivity index (χ3n) is 5.91. The highest BCUT2D eigenvalue weighted by Gasteiger charge is 2.51. The van der Waals surface area contributed by atoms with Crippen LogP contribution in [0.2, 0.25) is 5.02 Å². The van der Waals surface area contributed by atoms with Gasteiger partial charge in [0.15, 0.2) is 0 Å². The van der Waals surface area contributed by atoms with Crippen LogP contribution in [0.15, 0.2) is 24.3 Å². The van der Waals surface area contributed by atoms with Crippen LogP contribution in [0.25, 0.3) is 0 Å². The highest BCUT2D eigenvalue weighted by molar-refractivity contribution is 7.89. The lowest BCUT2D eigenvalue weighted by molar-refractivity contribution is -0.133. The van der Waals surface area contributed by atoms with Crippen molar-refractivity contribution in [3.63, 3.8) is 0 Å². The maximum absolute atomic E-state index is 13.5.